The molecule has 0 unspecified atom stereocenters. The van der Waals surface area contributed by atoms with E-state index in [4.69, 9.17) is 0 Å². The van der Waals surface area contributed by atoms with E-state index < -0.39 is 0 Å². The third-order valence-electron chi connectivity index (χ3n) is 5.53. The zero-order chi connectivity index (χ0) is 16.1. The predicted molar refractivity (Wildman–Crippen MR) is 94.9 cm³/mol. The molecule has 1 saturated heterocycles. The molecule has 3 nitrogen and oxygen atoms in total. The van der Waals surface area contributed by atoms with E-state index in [1.54, 1.807) is 0 Å². The Morgan fingerprint density at radius 2 is 1.70 bits per heavy atom. The molecule has 0 bridgehead atoms. The highest BCUT2D eigenvalue weighted by atomic mass is 16.2. The summed E-state index contributed by atoms with van der Waals surface area (Å²) in [5.41, 5.74) is 2.24. The van der Waals surface area contributed by atoms with E-state index in [-0.39, 0.29) is 5.91 Å². The first-order chi connectivity index (χ1) is 11.2. The Bertz CT molecular complexity index is 499. The van der Waals surface area contributed by atoms with Crippen molar-refractivity contribution in [1.82, 2.24) is 9.80 Å². The molecular formula is C20H30N2O. The average molecular weight is 314 g/mol. The van der Waals surface area contributed by atoms with Gasteiger partial charge in [-0.2, -0.15) is 0 Å². The number of benzene rings is 1. The lowest BCUT2D eigenvalue weighted by atomic mass is 9.84. The summed E-state index contributed by atoms with van der Waals surface area (Å²) < 4.78 is 0. The van der Waals surface area contributed by atoms with Gasteiger partial charge in [0.05, 0.1) is 0 Å². The summed E-state index contributed by atoms with van der Waals surface area (Å²) in [6, 6.07) is 8.41. The van der Waals surface area contributed by atoms with Crippen LogP contribution in [0.4, 0.5) is 0 Å². The Hall–Kier alpha value is -1.35. The van der Waals surface area contributed by atoms with Crippen molar-refractivity contribution in [2.75, 3.05) is 33.2 Å². The van der Waals surface area contributed by atoms with Gasteiger partial charge in [-0.3, -0.25) is 4.79 Å². The summed E-state index contributed by atoms with van der Waals surface area (Å²) in [4.78, 5) is 16.9. The molecule has 0 atom stereocenters. The van der Waals surface area contributed by atoms with Crippen molar-refractivity contribution in [3.05, 3.63) is 35.4 Å². The quantitative estimate of drug-likeness (QED) is 0.823. The van der Waals surface area contributed by atoms with Crippen LogP contribution in [0.2, 0.25) is 0 Å². The van der Waals surface area contributed by atoms with Crippen LogP contribution in [0.3, 0.4) is 0 Å². The van der Waals surface area contributed by atoms with Crippen LogP contribution < -0.4 is 0 Å². The number of hydrogen-bond donors (Lipinski definition) is 0. The van der Waals surface area contributed by atoms with Crippen LogP contribution in [0.25, 0.3) is 0 Å². The second-order valence-corrected chi connectivity index (χ2v) is 7.23. The molecule has 1 amide bonds. The predicted octanol–water partition coefficient (Wildman–Crippen LogP) is 3.90. The zero-order valence-corrected chi connectivity index (χ0v) is 14.5. The third-order valence-corrected chi connectivity index (χ3v) is 5.53. The average Bonchev–Trinajstić information content (AvgIpc) is 3.13. The van der Waals surface area contributed by atoms with Gasteiger partial charge in [-0.05, 0) is 62.4 Å². The lowest BCUT2D eigenvalue weighted by molar-refractivity contribution is 0.0782. The normalized spacial score (nSPS) is 19.9. The van der Waals surface area contributed by atoms with Crippen LogP contribution in [0.5, 0.6) is 0 Å². The fourth-order valence-corrected chi connectivity index (χ4v) is 3.95. The van der Waals surface area contributed by atoms with E-state index >= 15 is 0 Å². The van der Waals surface area contributed by atoms with Gasteiger partial charge >= 0.3 is 0 Å². The Labute approximate surface area is 140 Å². The van der Waals surface area contributed by atoms with Gasteiger partial charge in [0.25, 0.3) is 5.91 Å². The second kappa shape index (κ2) is 7.96. The van der Waals surface area contributed by atoms with E-state index in [9.17, 15) is 4.79 Å². The lowest BCUT2D eigenvalue weighted by Crippen LogP contribution is -2.35. The lowest BCUT2D eigenvalue weighted by Gasteiger charge is -2.23. The van der Waals surface area contributed by atoms with E-state index in [2.05, 4.69) is 17.0 Å². The number of likely N-dealkylation sites (N-methyl/N-ethyl adjacent to an activating group) is 1. The molecule has 3 rings (SSSR count). The fraction of sp³-hybridized carbons (Fsp3) is 0.650. The number of nitrogens with zero attached hydrogens (tertiary/aromatic N) is 2. The van der Waals surface area contributed by atoms with Crippen LogP contribution >= 0.6 is 0 Å². The maximum absolute atomic E-state index is 12.5. The first kappa shape index (κ1) is 16.5. The monoisotopic (exact) mass is 314 g/mol. The number of carbonyl (C=O) groups excluding carboxylic acids is 1. The van der Waals surface area contributed by atoms with Gasteiger partial charge in [-0.25, -0.2) is 0 Å². The van der Waals surface area contributed by atoms with Gasteiger partial charge in [0.2, 0.25) is 0 Å². The number of likely N-dealkylation sites (tertiary alicyclic amines) is 1. The molecule has 0 spiro atoms. The first-order valence-corrected chi connectivity index (χ1v) is 9.32. The molecule has 1 aliphatic carbocycles. The maximum atomic E-state index is 12.5. The van der Waals surface area contributed by atoms with Crippen molar-refractivity contribution in [2.24, 2.45) is 0 Å². The topological polar surface area (TPSA) is 23.6 Å². The zero-order valence-electron chi connectivity index (χ0n) is 14.5. The molecule has 2 fully saturated rings. The van der Waals surface area contributed by atoms with Crippen molar-refractivity contribution in [3.63, 3.8) is 0 Å². The molecule has 0 aromatic heterocycles. The molecule has 2 aliphatic rings. The van der Waals surface area contributed by atoms with E-state index in [1.807, 2.05) is 24.1 Å². The standard InChI is InChI=1S/C20H30N2O/c1-21(15-16-22-13-5-6-14-22)20(23)19-11-9-18(10-12-19)17-7-3-2-4-8-17/h9-12,17H,2-8,13-16H2,1H3. The van der Waals surface area contributed by atoms with Crippen LogP contribution in [0.1, 0.15) is 66.8 Å². The van der Waals surface area contributed by atoms with E-state index in [0.29, 0.717) is 5.92 Å². The van der Waals surface area contributed by atoms with E-state index in [0.717, 1.165) is 18.7 Å². The minimum Gasteiger partial charge on any atom is -0.340 e. The third kappa shape index (κ3) is 4.35. The molecule has 3 heteroatoms. The molecule has 1 aromatic carbocycles. The van der Waals surface area contributed by atoms with Gasteiger partial charge in [-0.1, -0.05) is 31.4 Å². The fourth-order valence-electron chi connectivity index (χ4n) is 3.95. The summed E-state index contributed by atoms with van der Waals surface area (Å²) in [5.74, 6) is 0.861. The summed E-state index contributed by atoms with van der Waals surface area (Å²) in [7, 11) is 1.92. The van der Waals surface area contributed by atoms with Crippen molar-refractivity contribution >= 4 is 5.91 Å². The highest BCUT2D eigenvalue weighted by molar-refractivity contribution is 5.94. The van der Waals surface area contributed by atoms with Gasteiger partial charge < -0.3 is 9.80 Å². The molecule has 1 aromatic rings. The smallest absolute Gasteiger partial charge is 0.253 e. The van der Waals surface area contributed by atoms with Crippen LogP contribution in [-0.2, 0) is 0 Å². The molecule has 1 aliphatic heterocycles. The molecule has 0 radical (unpaired) electrons. The molecular weight excluding hydrogens is 284 g/mol. The van der Waals surface area contributed by atoms with Gasteiger partial charge in [-0.15, -0.1) is 0 Å². The van der Waals surface area contributed by atoms with Gasteiger partial charge in [0, 0.05) is 25.7 Å². The Morgan fingerprint density at radius 3 is 2.35 bits per heavy atom. The van der Waals surface area contributed by atoms with Gasteiger partial charge in [0.1, 0.15) is 0 Å². The molecule has 0 N–H and O–H groups in total. The van der Waals surface area contributed by atoms with Crippen LogP contribution in [-0.4, -0.2) is 48.9 Å². The van der Waals surface area contributed by atoms with Crippen molar-refractivity contribution in [3.8, 4) is 0 Å². The Balaban J connectivity index is 1.53. The van der Waals surface area contributed by atoms with Crippen LogP contribution in [0, 0.1) is 0 Å². The largest absolute Gasteiger partial charge is 0.340 e. The van der Waals surface area contributed by atoms with Gasteiger partial charge in [0.15, 0.2) is 0 Å². The summed E-state index contributed by atoms with van der Waals surface area (Å²) in [6.07, 6.45) is 9.32. The first-order valence-electron chi connectivity index (χ1n) is 9.32. The molecule has 126 valence electrons. The van der Waals surface area contributed by atoms with Crippen molar-refractivity contribution in [1.29, 1.82) is 0 Å². The second-order valence-electron chi connectivity index (χ2n) is 7.23. The summed E-state index contributed by atoms with van der Waals surface area (Å²) >= 11 is 0. The number of hydrogen-bond acceptors (Lipinski definition) is 2. The molecule has 23 heavy (non-hydrogen) atoms. The van der Waals surface area contributed by atoms with Crippen molar-refractivity contribution in [2.45, 2.75) is 50.9 Å². The highest BCUT2D eigenvalue weighted by Gasteiger charge is 2.18. The van der Waals surface area contributed by atoms with Crippen LogP contribution in [0.15, 0.2) is 24.3 Å². The number of amides is 1. The SMILES string of the molecule is CN(CCN1CCCC1)C(=O)c1ccc(C2CCCCC2)cc1. The molecule has 1 heterocycles. The highest BCUT2D eigenvalue weighted by Crippen LogP contribution is 2.32. The maximum Gasteiger partial charge on any atom is 0.253 e. The number of carbonyl (C=O) groups is 1. The number of rotatable bonds is 5. The summed E-state index contributed by atoms with van der Waals surface area (Å²) in [6.45, 7) is 4.21. The summed E-state index contributed by atoms with van der Waals surface area (Å²) in [5, 5.41) is 0. The minimum atomic E-state index is 0.152. The van der Waals surface area contributed by atoms with Crippen molar-refractivity contribution < 1.29 is 4.79 Å². The Kier molecular flexibility index (Phi) is 5.71. The minimum absolute atomic E-state index is 0.152. The Morgan fingerprint density at radius 1 is 1.04 bits per heavy atom. The molecule has 1 saturated carbocycles. The van der Waals surface area contributed by atoms with E-state index in [1.165, 1.54) is 63.6 Å².